The first-order chi connectivity index (χ1) is 22.3. The van der Waals surface area contributed by atoms with E-state index in [0.717, 1.165) is 17.1 Å². The average Bonchev–Trinajstić information content (AvgIpc) is 3.10. The third kappa shape index (κ3) is 3.50. The van der Waals surface area contributed by atoms with Gasteiger partial charge in [0.1, 0.15) is 11.5 Å². The van der Waals surface area contributed by atoms with Crippen molar-refractivity contribution < 1.29 is 4.74 Å². The molecule has 0 spiro atoms. The molecule has 0 radical (unpaired) electrons. The van der Waals surface area contributed by atoms with Gasteiger partial charge in [-0.25, -0.2) is 0 Å². The number of para-hydroxylation sites is 1. The van der Waals surface area contributed by atoms with E-state index in [2.05, 4.69) is 152 Å². The average molecular weight is 571 g/mol. The lowest BCUT2D eigenvalue weighted by atomic mass is 9.85. The highest BCUT2D eigenvalue weighted by Crippen LogP contribution is 2.50. The Labute approximate surface area is 260 Å². The molecule has 0 saturated heterocycles. The van der Waals surface area contributed by atoms with Crippen molar-refractivity contribution in [2.24, 2.45) is 0 Å². The lowest BCUT2D eigenvalue weighted by Gasteiger charge is -2.23. The van der Waals surface area contributed by atoms with E-state index >= 15 is 0 Å². The fraction of sp³-hybridized carbons (Fsp3) is 0. The van der Waals surface area contributed by atoms with Crippen molar-refractivity contribution in [2.75, 3.05) is 0 Å². The minimum atomic E-state index is 0.911. The summed E-state index contributed by atoms with van der Waals surface area (Å²) in [6.45, 7) is 0. The van der Waals surface area contributed by atoms with Gasteiger partial charge < -0.3 is 4.74 Å². The second-order valence-corrected chi connectivity index (χ2v) is 12.0. The molecule has 1 aliphatic heterocycles. The summed E-state index contributed by atoms with van der Waals surface area (Å²) in [5.74, 6) is 1.83. The van der Waals surface area contributed by atoms with Crippen LogP contribution in [0.3, 0.4) is 0 Å². The summed E-state index contributed by atoms with van der Waals surface area (Å²) in [4.78, 5) is 0. The Hall–Kier alpha value is -5.92. The summed E-state index contributed by atoms with van der Waals surface area (Å²) in [6.07, 6.45) is 0. The van der Waals surface area contributed by atoms with E-state index in [-0.39, 0.29) is 0 Å². The molecule has 0 atom stereocenters. The van der Waals surface area contributed by atoms with E-state index in [1.807, 2.05) is 6.07 Å². The number of ether oxygens (including phenoxy) is 1. The Kier molecular flexibility index (Phi) is 5.06. The van der Waals surface area contributed by atoms with Crippen LogP contribution >= 0.6 is 0 Å². The van der Waals surface area contributed by atoms with Gasteiger partial charge in [0, 0.05) is 10.9 Å². The van der Waals surface area contributed by atoms with E-state index in [0.29, 0.717) is 0 Å². The first-order valence-corrected chi connectivity index (χ1v) is 15.5. The van der Waals surface area contributed by atoms with E-state index in [1.165, 1.54) is 81.7 Å². The predicted octanol–water partition coefficient (Wildman–Crippen LogP) is 12.6. The lowest BCUT2D eigenvalue weighted by Crippen LogP contribution is -1.97. The van der Waals surface area contributed by atoms with Crippen molar-refractivity contribution in [1.29, 1.82) is 0 Å². The minimum Gasteiger partial charge on any atom is -0.456 e. The van der Waals surface area contributed by atoms with Crippen molar-refractivity contribution >= 4 is 53.9 Å². The van der Waals surface area contributed by atoms with Gasteiger partial charge >= 0.3 is 0 Å². The summed E-state index contributed by atoms with van der Waals surface area (Å²) < 4.78 is 6.45. The smallest absolute Gasteiger partial charge is 0.135 e. The molecule has 1 heterocycles. The second-order valence-electron chi connectivity index (χ2n) is 12.0. The third-order valence-electron chi connectivity index (χ3n) is 9.63. The maximum atomic E-state index is 6.45. The van der Waals surface area contributed by atoms with Crippen LogP contribution in [0.4, 0.5) is 0 Å². The molecule has 0 saturated carbocycles. The molecule has 0 amide bonds. The Morgan fingerprint density at radius 1 is 0.289 bits per heavy atom. The van der Waals surface area contributed by atoms with Crippen LogP contribution in [0.15, 0.2) is 158 Å². The summed E-state index contributed by atoms with van der Waals surface area (Å²) in [5, 5.41) is 12.5. The number of hydrogen-bond acceptors (Lipinski definition) is 1. The molecule has 208 valence electrons. The van der Waals surface area contributed by atoms with Crippen LogP contribution in [0, 0.1) is 0 Å². The Morgan fingerprint density at radius 3 is 1.84 bits per heavy atom. The van der Waals surface area contributed by atoms with Crippen molar-refractivity contribution in [1.82, 2.24) is 0 Å². The normalized spacial score (nSPS) is 12.2. The summed E-state index contributed by atoms with van der Waals surface area (Å²) in [5.41, 5.74) is 7.38. The molecule has 45 heavy (non-hydrogen) atoms. The zero-order chi connectivity index (χ0) is 29.5. The van der Waals surface area contributed by atoms with Gasteiger partial charge in [-0.3, -0.25) is 0 Å². The van der Waals surface area contributed by atoms with Crippen LogP contribution in [-0.4, -0.2) is 0 Å². The molecule has 9 aromatic carbocycles. The van der Waals surface area contributed by atoms with Crippen molar-refractivity contribution in [3.63, 3.8) is 0 Å². The fourth-order valence-electron chi connectivity index (χ4n) is 7.70. The zero-order valence-electron chi connectivity index (χ0n) is 24.4. The Balaban J connectivity index is 1.33. The number of rotatable bonds is 2. The maximum Gasteiger partial charge on any atom is 0.135 e. The van der Waals surface area contributed by atoms with Crippen LogP contribution in [0.2, 0.25) is 0 Å². The molecule has 0 aliphatic carbocycles. The van der Waals surface area contributed by atoms with Crippen molar-refractivity contribution in [2.45, 2.75) is 0 Å². The first-order valence-electron chi connectivity index (χ1n) is 15.5. The van der Waals surface area contributed by atoms with Crippen LogP contribution in [0.25, 0.3) is 87.2 Å². The maximum absolute atomic E-state index is 6.45. The summed E-state index contributed by atoms with van der Waals surface area (Å²) in [7, 11) is 0. The zero-order valence-corrected chi connectivity index (χ0v) is 24.4. The largest absolute Gasteiger partial charge is 0.456 e. The molecule has 10 rings (SSSR count). The van der Waals surface area contributed by atoms with Crippen LogP contribution in [0.5, 0.6) is 11.5 Å². The molecule has 0 N–H and O–H groups in total. The molecule has 0 fully saturated rings. The SMILES string of the molecule is c1ccc2c(c1)Oc1ccc(-c3cccc4ccc5c(-c6cccc7ccccc67)c6ccccc6cc5c34)c3cccc-2c13. The molecular formula is C44H26O. The highest BCUT2D eigenvalue weighted by molar-refractivity contribution is 6.25. The van der Waals surface area contributed by atoms with Gasteiger partial charge in [0.15, 0.2) is 0 Å². The van der Waals surface area contributed by atoms with Gasteiger partial charge in [-0.2, -0.15) is 0 Å². The van der Waals surface area contributed by atoms with E-state index in [4.69, 9.17) is 4.74 Å². The standard InChI is InChI=1S/C44H26O/c1-3-14-30-27(10-1)12-7-17-34(30)43-31-15-4-2-11-29(31)26-39-38(43)23-22-28-13-8-18-35(42(28)39)32-24-25-41-44-36(32)19-9-20-37(44)33-16-5-6-21-40(33)45-41/h1-26H. The van der Waals surface area contributed by atoms with Crippen molar-refractivity contribution in [3.8, 4) is 44.9 Å². The van der Waals surface area contributed by atoms with Gasteiger partial charge in [0.25, 0.3) is 0 Å². The molecule has 1 heteroatoms. The predicted molar refractivity (Wildman–Crippen MR) is 190 cm³/mol. The monoisotopic (exact) mass is 570 g/mol. The van der Waals surface area contributed by atoms with E-state index in [9.17, 15) is 0 Å². The molecule has 1 nitrogen and oxygen atoms in total. The molecule has 0 bridgehead atoms. The van der Waals surface area contributed by atoms with Gasteiger partial charge in [-0.05, 0) is 94.5 Å². The topological polar surface area (TPSA) is 9.23 Å². The second kappa shape index (κ2) is 9.29. The highest BCUT2D eigenvalue weighted by atomic mass is 16.5. The Bertz CT molecular complexity index is 2670. The number of benzene rings is 9. The minimum absolute atomic E-state index is 0.911. The van der Waals surface area contributed by atoms with Crippen LogP contribution in [0.1, 0.15) is 0 Å². The summed E-state index contributed by atoms with van der Waals surface area (Å²) >= 11 is 0. The van der Waals surface area contributed by atoms with Gasteiger partial charge in [-0.15, -0.1) is 0 Å². The van der Waals surface area contributed by atoms with E-state index in [1.54, 1.807) is 0 Å². The number of hydrogen-bond donors (Lipinski definition) is 0. The molecule has 1 aliphatic rings. The molecular weight excluding hydrogens is 544 g/mol. The van der Waals surface area contributed by atoms with Crippen LogP contribution < -0.4 is 4.74 Å². The molecule has 9 aromatic rings. The lowest BCUT2D eigenvalue weighted by molar-refractivity contribution is 0.487. The van der Waals surface area contributed by atoms with Gasteiger partial charge in [0.05, 0.1) is 0 Å². The van der Waals surface area contributed by atoms with Crippen LogP contribution in [-0.2, 0) is 0 Å². The van der Waals surface area contributed by atoms with Crippen molar-refractivity contribution in [3.05, 3.63) is 158 Å². The fourth-order valence-corrected chi connectivity index (χ4v) is 7.70. The third-order valence-corrected chi connectivity index (χ3v) is 9.63. The summed E-state index contributed by atoms with van der Waals surface area (Å²) in [6, 6.07) is 57.4. The Morgan fingerprint density at radius 2 is 0.933 bits per heavy atom. The quantitative estimate of drug-likeness (QED) is 0.148. The molecule has 0 unspecified atom stereocenters. The first kappa shape index (κ1) is 24.5. The van der Waals surface area contributed by atoms with Gasteiger partial charge in [-0.1, -0.05) is 140 Å². The number of fused-ring (bicyclic) bond motifs is 7. The van der Waals surface area contributed by atoms with E-state index < -0.39 is 0 Å². The highest BCUT2D eigenvalue weighted by Gasteiger charge is 2.22. The molecule has 0 aromatic heterocycles. The van der Waals surface area contributed by atoms with Gasteiger partial charge in [0.2, 0.25) is 0 Å².